The first kappa shape index (κ1) is 21.0. The molecule has 8 heteroatoms. The van der Waals surface area contributed by atoms with Gasteiger partial charge in [0.25, 0.3) is 0 Å². The normalized spacial score (nSPS) is 18.9. The Morgan fingerprint density at radius 3 is 2.29 bits per heavy atom. The molecule has 2 aliphatic heterocycles. The number of hydrogen-bond donors (Lipinski definition) is 1. The van der Waals surface area contributed by atoms with Gasteiger partial charge in [-0.05, 0) is 31.0 Å². The maximum Gasteiger partial charge on any atom is 0.238 e. The maximum absolute atomic E-state index is 12.5. The van der Waals surface area contributed by atoms with Crippen molar-refractivity contribution in [3.8, 4) is 0 Å². The summed E-state index contributed by atoms with van der Waals surface area (Å²) in [6.07, 6.45) is 0. The largest absolute Gasteiger partial charge is 0.379 e. The van der Waals surface area contributed by atoms with E-state index in [0.717, 1.165) is 24.2 Å². The number of anilines is 1. The Morgan fingerprint density at radius 1 is 1.00 bits per heavy atom. The van der Waals surface area contributed by atoms with E-state index in [9.17, 15) is 9.59 Å². The van der Waals surface area contributed by atoms with Gasteiger partial charge in [0, 0.05) is 39.3 Å². The molecule has 154 valence electrons. The van der Waals surface area contributed by atoms with E-state index in [-0.39, 0.29) is 11.8 Å². The second-order valence-electron chi connectivity index (χ2n) is 7.53. The highest BCUT2D eigenvalue weighted by atomic mass is 35.5. The van der Waals surface area contributed by atoms with Crippen LogP contribution in [0.2, 0.25) is 5.02 Å². The summed E-state index contributed by atoms with van der Waals surface area (Å²) in [4.78, 5) is 31.0. The van der Waals surface area contributed by atoms with Gasteiger partial charge < -0.3 is 15.0 Å². The Labute approximate surface area is 171 Å². The minimum Gasteiger partial charge on any atom is -0.379 e. The molecule has 2 heterocycles. The monoisotopic (exact) mass is 408 g/mol. The van der Waals surface area contributed by atoms with Crippen molar-refractivity contribution in [3.63, 3.8) is 0 Å². The van der Waals surface area contributed by atoms with Crippen LogP contribution in [0.4, 0.5) is 5.69 Å². The predicted octanol–water partition coefficient (Wildman–Crippen LogP) is 1.37. The topological polar surface area (TPSA) is 65.1 Å². The highest BCUT2D eigenvalue weighted by Crippen LogP contribution is 2.27. The summed E-state index contributed by atoms with van der Waals surface area (Å²) >= 11 is 6.27. The zero-order valence-electron chi connectivity index (χ0n) is 16.7. The third-order valence-electron chi connectivity index (χ3n) is 5.25. The number of aryl methyl sites for hydroxylation is 2. The summed E-state index contributed by atoms with van der Waals surface area (Å²) in [5.41, 5.74) is 2.70. The molecule has 0 atom stereocenters. The standard InChI is InChI=1S/C20H29ClN4O3/c1-15-11-16(2)20(17(21)12-15)22-18(26)13-23-3-5-25(6-4-23)19(27)14-24-7-9-28-10-8-24/h11-12H,3-10,13-14H2,1-2H3,(H,22,26). The van der Waals surface area contributed by atoms with Crippen molar-refractivity contribution in [2.75, 3.05) is 70.9 Å². The van der Waals surface area contributed by atoms with Crippen molar-refractivity contribution in [1.82, 2.24) is 14.7 Å². The number of rotatable bonds is 5. The molecule has 1 aromatic carbocycles. The Morgan fingerprint density at radius 2 is 1.64 bits per heavy atom. The number of nitrogens with one attached hydrogen (secondary N) is 1. The van der Waals surface area contributed by atoms with Crippen LogP contribution in [-0.2, 0) is 14.3 Å². The van der Waals surface area contributed by atoms with Crippen LogP contribution < -0.4 is 5.32 Å². The SMILES string of the molecule is Cc1cc(C)c(NC(=O)CN2CCN(C(=O)CN3CCOCC3)CC2)c(Cl)c1. The molecule has 0 bridgehead atoms. The Kier molecular flexibility index (Phi) is 7.29. The van der Waals surface area contributed by atoms with E-state index in [1.165, 1.54) is 0 Å². The molecule has 2 saturated heterocycles. The number of carbonyl (C=O) groups excluding carboxylic acids is 2. The third kappa shape index (κ3) is 5.67. The molecule has 2 aliphatic rings. The number of amides is 2. The van der Waals surface area contributed by atoms with Gasteiger partial charge in [0.2, 0.25) is 11.8 Å². The van der Waals surface area contributed by atoms with Gasteiger partial charge >= 0.3 is 0 Å². The van der Waals surface area contributed by atoms with Crippen molar-refractivity contribution < 1.29 is 14.3 Å². The lowest BCUT2D eigenvalue weighted by atomic mass is 10.1. The van der Waals surface area contributed by atoms with E-state index >= 15 is 0 Å². The quantitative estimate of drug-likeness (QED) is 0.797. The minimum absolute atomic E-state index is 0.0815. The average molecular weight is 409 g/mol. The molecule has 1 aromatic rings. The number of nitrogens with zero attached hydrogens (tertiary/aromatic N) is 3. The van der Waals surface area contributed by atoms with Crippen LogP contribution in [0, 0.1) is 13.8 Å². The number of benzene rings is 1. The van der Waals surface area contributed by atoms with Crippen LogP contribution in [-0.4, -0.2) is 92.1 Å². The number of halogens is 1. The van der Waals surface area contributed by atoms with Gasteiger partial charge in [-0.3, -0.25) is 19.4 Å². The molecular weight excluding hydrogens is 380 g/mol. The van der Waals surface area contributed by atoms with Crippen LogP contribution in [0.3, 0.4) is 0 Å². The number of hydrogen-bond acceptors (Lipinski definition) is 5. The van der Waals surface area contributed by atoms with Gasteiger partial charge in [-0.25, -0.2) is 0 Å². The summed E-state index contributed by atoms with van der Waals surface area (Å²) < 4.78 is 5.32. The zero-order valence-corrected chi connectivity index (χ0v) is 17.4. The Bertz CT molecular complexity index is 690. The summed E-state index contributed by atoms with van der Waals surface area (Å²) in [5, 5.41) is 3.49. The van der Waals surface area contributed by atoms with Gasteiger partial charge in [0.15, 0.2) is 0 Å². The van der Waals surface area contributed by atoms with E-state index in [1.807, 2.05) is 30.9 Å². The lowest BCUT2D eigenvalue weighted by Crippen LogP contribution is -2.53. The molecular formula is C20H29ClN4O3. The van der Waals surface area contributed by atoms with Crippen molar-refractivity contribution >= 4 is 29.1 Å². The predicted molar refractivity (Wildman–Crippen MR) is 110 cm³/mol. The summed E-state index contributed by atoms with van der Waals surface area (Å²) in [6.45, 7) is 10.4. The van der Waals surface area contributed by atoms with Crippen LogP contribution in [0.25, 0.3) is 0 Å². The first-order valence-corrected chi connectivity index (χ1v) is 10.2. The van der Waals surface area contributed by atoms with Crippen molar-refractivity contribution in [2.45, 2.75) is 13.8 Å². The molecule has 0 saturated carbocycles. The van der Waals surface area contributed by atoms with Gasteiger partial charge in [0.05, 0.1) is 37.0 Å². The highest BCUT2D eigenvalue weighted by molar-refractivity contribution is 6.34. The lowest BCUT2D eigenvalue weighted by Gasteiger charge is -2.36. The lowest BCUT2D eigenvalue weighted by molar-refractivity contribution is -0.135. The Balaban J connectivity index is 1.43. The third-order valence-corrected chi connectivity index (χ3v) is 5.55. The Hall–Kier alpha value is -1.67. The van der Waals surface area contributed by atoms with E-state index < -0.39 is 0 Å². The molecule has 1 N–H and O–H groups in total. The fraction of sp³-hybridized carbons (Fsp3) is 0.600. The molecule has 7 nitrogen and oxygen atoms in total. The summed E-state index contributed by atoms with van der Waals surface area (Å²) in [6, 6.07) is 3.85. The fourth-order valence-corrected chi connectivity index (χ4v) is 4.03. The number of carbonyl (C=O) groups is 2. The van der Waals surface area contributed by atoms with Crippen LogP contribution in [0.1, 0.15) is 11.1 Å². The smallest absolute Gasteiger partial charge is 0.238 e. The average Bonchev–Trinajstić information content (AvgIpc) is 2.66. The number of piperazine rings is 1. The molecule has 2 amide bonds. The molecule has 2 fully saturated rings. The van der Waals surface area contributed by atoms with Crippen molar-refractivity contribution in [3.05, 3.63) is 28.3 Å². The maximum atomic E-state index is 12.5. The zero-order chi connectivity index (χ0) is 20.1. The first-order chi connectivity index (χ1) is 13.4. The molecule has 0 aromatic heterocycles. The second kappa shape index (κ2) is 9.69. The fourth-order valence-electron chi connectivity index (χ4n) is 3.66. The van der Waals surface area contributed by atoms with Gasteiger partial charge in [-0.15, -0.1) is 0 Å². The molecule has 0 aliphatic carbocycles. The summed E-state index contributed by atoms with van der Waals surface area (Å²) in [7, 11) is 0. The van der Waals surface area contributed by atoms with Crippen LogP contribution in [0.15, 0.2) is 12.1 Å². The van der Waals surface area contributed by atoms with Crippen molar-refractivity contribution in [1.29, 1.82) is 0 Å². The van der Waals surface area contributed by atoms with E-state index in [1.54, 1.807) is 0 Å². The van der Waals surface area contributed by atoms with Gasteiger partial charge in [-0.2, -0.15) is 0 Å². The molecule has 28 heavy (non-hydrogen) atoms. The van der Waals surface area contributed by atoms with Crippen LogP contribution in [0.5, 0.6) is 0 Å². The van der Waals surface area contributed by atoms with Crippen LogP contribution >= 0.6 is 11.6 Å². The van der Waals surface area contributed by atoms with Gasteiger partial charge in [0.1, 0.15) is 0 Å². The van der Waals surface area contributed by atoms with Crippen molar-refractivity contribution in [2.24, 2.45) is 0 Å². The van der Waals surface area contributed by atoms with E-state index in [2.05, 4.69) is 15.1 Å². The van der Waals surface area contributed by atoms with E-state index in [0.29, 0.717) is 63.2 Å². The van der Waals surface area contributed by atoms with Gasteiger partial charge in [-0.1, -0.05) is 17.7 Å². The number of morpholine rings is 1. The van der Waals surface area contributed by atoms with E-state index in [4.69, 9.17) is 16.3 Å². The minimum atomic E-state index is -0.0815. The second-order valence-corrected chi connectivity index (χ2v) is 7.94. The molecule has 0 spiro atoms. The number of ether oxygens (including phenoxy) is 1. The first-order valence-electron chi connectivity index (χ1n) is 9.79. The molecule has 3 rings (SSSR count). The molecule has 0 radical (unpaired) electrons. The molecule has 0 unspecified atom stereocenters. The highest BCUT2D eigenvalue weighted by Gasteiger charge is 2.24. The summed E-state index contributed by atoms with van der Waals surface area (Å²) in [5.74, 6) is 0.0787.